The van der Waals surface area contributed by atoms with Gasteiger partial charge in [0.05, 0.1) is 12.2 Å². The van der Waals surface area contributed by atoms with E-state index in [1.165, 1.54) is 24.2 Å². The minimum absolute atomic E-state index is 0. The maximum absolute atomic E-state index is 12.1. The Labute approximate surface area is 135 Å². The lowest BCUT2D eigenvalue weighted by molar-refractivity contribution is -0.117. The number of aryl methyl sites for hydroxylation is 1. The molecule has 3 heterocycles. The molecule has 1 amide bonds. The Morgan fingerprint density at radius 1 is 1.48 bits per heavy atom. The lowest BCUT2D eigenvalue weighted by atomic mass is 9.98. The molecule has 1 aromatic rings. The summed E-state index contributed by atoms with van der Waals surface area (Å²) >= 11 is 1.48. The lowest BCUT2D eigenvalue weighted by Crippen LogP contribution is -2.48. The van der Waals surface area contributed by atoms with E-state index in [1.54, 1.807) is 0 Å². The molecule has 1 aromatic heterocycles. The predicted molar refractivity (Wildman–Crippen MR) is 88.3 cm³/mol. The van der Waals surface area contributed by atoms with Crippen molar-refractivity contribution in [2.75, 3.05) is 18.9 Å². The second-order valence-electron chi connectivity index (χ2n) is 6.02. The van der Waals surface area contributed by atoms with Crippen LogP contribution in [0.15, 0.2) is 5.38 Å². The molecular weight excluding hydrogens is 308 g/mol. The molecule has 2 bridgehead atoms. The maximum Gasteiger partial charge on any atom is 0.240 e. The maximum atomic E-state index is 12.1. The molecule has 3 rings (SSSR count). The van der Waals surface area contributed by atoms with Crippen molar-refractivity contribution < 1.29 is 4.79 Å². The van der Waals surface area contributed by atoms with Gasteiger partial charge in [-0.15, -0.1) is 23.7 Å². The van der Waals surface area contributed by atoms with Gasteiger partial charge >= 0.3 is 0 Å². The number of rotatable bonds is 4. The van der Waals surface area contributed by atoms with Crippen LogP contribution < -0.4 is 10.6 Å². The van der Waals surface area contributed by atoms with E-state index in [-0.39, 0.29) is 18.3 Å². The van der Waals surface area contributed by atoms with Crippen molar-refractivity contribution in [1.82, 2.24) is 15.2 Å². The van der Waals surface area contributed by atoms with Gasteiger partial charge in [-0.05, 0) is 39.7 Å². The molecule has 5 nitrogen and oxygen atoms in total. The van der Waals surface area contributed by atoms with Gasteiger partial charge in [0, 0.05) is 23.5 Å². The van der Waals surface area contributed by atoms with Crippen molar-refractivity contribution >= 4 is 34.8 Å². The molecule has 2 atom stereocenters. The van der Waals surface area contributed by atoms with Crippen LogP contribution in [0.1, 0.15) is 31.4 Å². The minimum atomic E-state index is 0. The number of amides is 1. The smallest absolute Gasteiger partial charge is 0.240 e. The van der Waals surface area contributed by atoms with E-state index in [9.17, 15) is 4.79 Å². The number of halogens is 1. The lowest BCUT2D eigenvalue weighted by Gasteiger charge is -2.35. The zero-order valence-corrected chi connectivity index (χ0v) is 14.1. The van der Waals surface area contributed by atoms with Crippen LogP contribution in [0.2, 0.25) is 0 Å². The number of anilines is 1. The fourth-order valence-electron chi connectivity index (χ4n) is 3.31. The van der Waals surface area contributed by atoms with Gasteiger partial charge in [0.1, 0.15) is 0 Å². The van der Waals surface area contributed by atoms with Crippen LogP contribution in [0.4, 0.5) is 5.13 Å². The van der Waals surface area contributed by atoms with Gasteiger partial charge in [0.25, 0.3) is 0 Å². The molecule has 0 radical (unpaired) electrons. The quantitative estimate of drug-likeness (QED) is 0.887. The average molecular weight is 331 g/mol. The van der Waals surface area contributed by atoms with Crippen molar-refractivity contribution in [2.24, 2.45) is 0 Å². The van der Waals surface area contributed by atoms with Gasteiger partial charge in [-0.25, -0.2) is 4.98 Å². The van der Waals surface area contributed by atoms with Crippen LogP contribution in [0, 0.1) is 6.92 Å². The van der Waals surface area contributed by atoms with Crippen LogP contribution >= 0.6 is 23.7 Å². The minimum Gasteiger partial charge on any atom is -0.311 e. The Morgan fingerprint density at radius 3 is 2.71 bits per heavy atom. The van der Waals surface area contributed by atoms with Crippen LogP contribution in [0.5, 0.6) is 0 Å². The Morgan fingerprint density at radius 2 is 2.14 bits per heavy atom. The molecule has 2 fully saturated rings. The summed E-state index contributed by atoms with van der Waals surface area (Å²) < 4.78 is 0. The van der Waals surface area contributed by atoms with E-state index in [2.05, 4.69) is 27.6 Å². The van der Waals surface area contributed by atoms with Crippen LogP contribution in [-0.2, 0) is 4.79 Å². The molecule has 0 spiro atoms. The fourth-order valence-corrected chi connectivity index (χ4v) is 4.02. The van der Waals surface area contributed by atoms with Gasteiger partial charge in [-0.1, -0.05) is 0 Å². The zero-order chi connectivity index (χ0) is 14.1. The Balaban J connectivity index is 0.00000161. The largest absolute Gasteiger partial charge is 0.311 e. The number of hydrogen-bond donors (Lipinski definition) is 2. The number of piperidine rings is 1. The normalized spacial score (nSPS) is 27.5. The van der Waals surface area contributed by atoms with Crippen LogP contribution in [0.25, 0.3) is 0 Å². The SMILES string of the molecule is Cc1csc(NC(=O)CN(C)C2CC3CCC(C2)N3)n1.Cl. The van der Waals surface area contributed by atoms with E-state index in [0.29, 0.717) is 29.8 Å². The standard InChI is InChI=1S/C14H22N4OS.ClH/c1-9-8-20-14(15-9)17-13(19)7-18(2)12-5-10-3-4-11(6-12)16-10;/h8,10-12,16H,3-7H2,1-2H3,(H,15,17,19);1H. The summed E-state index contributed by atoms with van der Waals surface area (Å²) in [6.45, 7) is 2.38. The monoisotopic (exact) mass is 330 g/mol. The highest BCUT2D eigenvalue weighted by atomic mass is 35.5. The van der Waals surface area contributed by atoms with E-state index in [1.807, 2.05) is 12.3 Å². The van der Waals surface area contributed by atoms with Crippen LogP contribution in [-0.4, -0.2) is 47.5 Å². The van der Waals surface area contributed by atoms with E-state index < -0.39 is 0 Å². The van der Waals surface area contributed by atoms with Gasteiger partial charge in [0.15, 0.2) is 5.13 Å². The zero-order valence-electron chi connectivity index (χ0n) is 12.5. The summed E-state index contributed by atoms with van der Waals surface area (Å²) in [5.74, 6) is 0.0349. The van der Waals surface area contributed by atoms with Crippen molar-refractivity contribution in [2.45, 2.75) is 50.7 Å². The molecular formula is C14H23ClN4OS. The van der Waals surface area contributed by atoms with E-state index in [0.717, 1.165) is 18.5 Å². The molecule has 0 aliphatic carbocycles. The molecule has 0 aromatic carbocycles. The summed E-state index contributed by atoms with van der Waals surface area (Å²) in [6, 6.07) is 1.84. The third kappa shape index (κ3) is 4.16. The highest BCUT2D eigenvalue weighted by molar-refractivity contribution is 7.13. The van der Waals surface area contributed by atoms with E-state index in [4.69, 9.17) is 0 Å². The molecule has 21 heavy (non-hydrogen) atoms. The van der Waals surface area contributed by atoms with Crippen molar-refractivity contribution in [3.8, 4) is 0 Å². The first-order chi connectivity index (χ1) is 9.60. The third-order valence-corrected chi connectivity index (χ3v) is 5.21. The average Bonchev–Trinajstić information content (AvgIpc) is 2.95. The van der Waals surface area contributed by atoms with Crippen molar-refractivity contribution in [3.05, 3.63) is 11.1 Å². The number of nitrogens with one attached hydrogen (secondary N) is 2. The molecule has 2 saturated heterocycles. The first-order valence-corrected chi connectivity index (χ1v) is 8.16. The number of carbonyl (C=O) groups excluding carboxylic acids is 1. The summed E-state index contributed by atoms with van der Waals surface area (Å²) in [5, 5.41) is 9.17. The predicted octanol–water partition coefficient (Wildman–Crippen LogP) is 2.03. The molecule has 2 aliphatic heterocycles. The highest BCUT2D eigenvalue weighted by Crippen LogP contribution is 2.29. The Kier molecular flexibility index (Phi) is 5.60. The number of carbonyl (C=O) groups is 1. The molecule has 7 heteroatoms. The molecule has 2 N–H and O–H groups in total. The number of fused-ring (bicyclic) bond motifs is 2. The second-order valence-corrected chi connectivity index (χ2v) is 6.88. The summed E-state index contributed by atoms with van der Waals surface area (Å²) in [7, 11) is 2.06. The topological polar surface area (TPSA) is 57.3 Å². The van der Waals surface area contributed by atoms with E-state index >= 15 is 0 Å². The molecule has 0 saturated carbocycles. The first kappa shape index (κ1) is 16.7. The van der Waals surface area contributed by atoms with Gasteiger partial charge in [-0.3, -0.25) is 9.69 Å². The van der Waals surface area contributed by atoms with Crippen LogP contribution in [0.3, 0.4) is 0 Å². The third-order valence-electron chi connectivity index (χ3n) is 4.33. The van der Waals surface area contributed by atoms with Crippen molar-refractivity contribution in [1.29, 1.82) is 0 Å². The molecule has 2 aliphatic rings. The number of likely N-dealkylation sites (N-methyl/N-ethyl adjacent to an activating group) is 1. The number of thiazole rings is 1. The number of nitrogens with zero attached hydrogens (tertiary/aromatic N) is 2. The summed E-state index contributed by atoms with van der Waals surface area (Å²) in [5.41, 5.74) is 0.952. The molecule has 2 unspecified atom stereocenters. The second kappa shape index (κ2) is 7.05. The number of aromatic nitrogens is 1. The fraction of sp³-hybridized carbons (Fsp3) is 0.714. The molecule has 118 valence electrons. The van der Waals surface area contributed by atoms with Gasteiger partial charge in [0.2, 0.25) is 5.91 Å². The van der Waals surface area contributed by atoms with Gasteiger partial charge < -0.3 is 10.6 Å². The first-order valence-electron chi connectivity index (χ1n) is 7.28. The van der Waals surface area contributed by atoms with Crippen molar-refractivity contribution in [3.63, 3.8) is 0 Å². The summed E-state index contributed by atoms with van der Waals surface area (Å²) in [4.78, 5) is 18.5. The Bertz CT molecular complexity index is 483. The van der Waals surface area contributed by atoms with Gasteiger partial charge in [-0.2, -0.15) is 0 Å². The Hall–Kier alpha value is -0.690. The highest BCUT2D eigenvalue weighted by Gasteiger charge is 2.35. The summed E-state index contributed by atoms with van der Waals surface area (Å²) in [6.07, 6.45) is 4.91. The number of hydrogen-bond acceptors (Lipinski definition) is 5.